The fraction of sp³-hybridized carbons (Fsp3) is 0.375. The van der Waals surface area contributed by atoms with E-state index in [2.05, 4.69) is 41.3 Å². The second-order valence-electron chi connectivity index (χ2n) is 5.21. The molecule has 1 aliphatic rings. The van der Waals surface area contributed by atoms with E-state index in [9.17, 15) is 0 Å². The molecule has 0 bridgehead atoms. The summed E-state index contributed by atoms with van der Waals surface area (Å²) in [6.45, 7) is 3.49. The Morgan fingerprint density at radius 3 is 2.53 bits per heavy atom. The van der Waals surface area contributed by atoms with Crippen molar-refractivity contribution in [3.63, 3.8) is 0 Å². The number of nitrogens with zero attached hydrogens (tertiary/aromatic N) is 1. The van der Waals surface area contributed by atoms with E-state index < -0.39 is 0 Å². The minimum atomic E-state index is 0.922. The van der Waals surface area contributed by atoms with Crippen molar-refractivity contribution in [3.05, 3.63) is 42.0 Å². The zero-order valence-electron chi connectivity index (χ0n) is 11.1. The fourth-order valence-electron chi connectivity index (χ4n) is 2.76. The minimum absolute atomic E-state index is 0.922. The maximum absolute atomic E-state index is 6.02. The van der Waals surface area contributed by atoms with Crippen LogP contribution in [0, 0.1) is 0 Å². The zero-order valence-corrected chi connectivity index (χ0v) is 12.0. The number of likely N-dealkylation sites (tertiary alicyclic amines) is 1. The minimum Gasteiger partial charge on any atom is -0.391 e. The lowest BCUT2D eigenvalue weighted by molar-refractivity contribution is 0.221. The molecule has 0 spiro atoms. The highest BCUT2D eigenvalue weighted by Gasteiger charge is 2.15. The van der Waals surface area contributed by atoms with Gasteiger partial charge in [0.15, 0.2) is 0 Å². The number of hydrogen-bond donors (Lipinski definition) is 1. The first kappa shape index (κ1) is 12.7. The Kier molecular flexibility index (Phi) is 3.85. The first-order chi connectivity index (χ1) is 9.33. The smallest absolute Gasteiger partial charge is 0.0866 e. The molecule has 19 heavy (non-hydrogen) atoms. The maximum atomic E-state index is 6.02. The summed E-state index contributed by atoms with van der Waals surface area (Å²) in [5.74, 6) is 0. The van der Waals surface area contributed by atoms with Crippen LogP contribution in [0.5, 0.6) is 0 Å². The van der Waals surface area contributed by atoms with Crippen molar-refractivity contribution >= 4 is 16.3 Å². The fourth-order valence-corrected chi connectivity index (χ4v) is 3.71. The molecule has 100 valence electrons. The van der Waals surface area contributed by atoms with E-state index in [4.69, 9.17) is 5.73 Å². The van der Waals surface area contributed by atoms with Crippen LogP contribution in [-0.2, 0) is 6.54 Å². The standard InChI is InChI=1S/C16H20N2S/c17-15-11-14(12-18-9-5-2-6-10-18)16(19-15)13-7-3-1-4-8-13/h1,3-4,7-8,11H,2,5-6,9-10,12,17H2. The third-order valence-corrected chi connectivity index (χ3v) is 4.76. The Balaban J connectivity index is 1.85. The normalized spacial score (nSPS) is 16.6. The van der Waals surface area contributed by atoms with Gasteiger partial charge in [-0.2, -0.15) is 0 Å². The van der Waals surface area contributed by atoms with Crippen molar-refractivity contribution in [1.82, 2.24) is 4.90 Å². The zero-order chi connectivity index (χ0) is 13.1. The van der Waals surface area contributed by atoms with Gasteiger partial charge in [-0.3, -0.25) is 4.90 Å². The summed E-state index contributed by atoms with van der Waals surface area (Å²) < 4.78 is 0. The number of hydrogen-bond acceptors (Lipinski definition) is 3. The molecule has 2 nitrogen and oxygen atoms in total. The second kappa shape index (κ2) is 5.76. The summed E-state index contributed by atoms with van der Waals surface area (Å²) >= 11 is 1.71. The molecule has 2 aromatic rings. The number of nitrogen functional groups attached to an aromatic ring is 1. The lowest BCUT2D eigenvalue weighted by Crippen LogP contribution is -2.29. The van der Waals surface area contributed by atoms with E-state index in [1.165, 1.54) is 48.4 Å². The quantitative estimate of drug-likeness (QED) is 0.915. The molecule has 1 aromatic heterocycles. The maximum Gasteiger partial charge on any atom is 0.0866 e. The number of thiophene rings is 1. The summed E-state index contributed by atoms with van der Waals surface area (Å²) in [4.78, 5) is 3.89. The van der Waals surface area contributed by atoms with Gasteiger partial charge in [0.25, 0.3) is 0 Å². The van der Waals surface area contributed by atoms with Gasteiger partial charge < -0.3 is 5.73 Å². The highest BCUT2D eigenvalue weighted by atomic mass is 32.1. The van der Waals surface area contributed by atoms with Crippen LogP contribution < -0.4 is 5.73 Å². The molecule has 3 heteroatoms. The van der Waals surface area contributed by atoms with Crippen molar-refractivity contribution < 1.29 is 0 Å². The van der Waals surface area contributed by atoms with Gasteiger partial charge in [0.2, 0.25) is 0 Å². The van der Waals surface area contributed by atoms with Gasteiger partial charge in [0.1, 0.15) is 0 Å². The molecule has 1 aliphatic heterocycles. The average molecular weight is 272 g/mol. The molecular weight excluding hydrogens is 252 g/mol. The third-order valence-electron chi connectivity index (χ3n) is 3.71. The van der Waals surface area contributed by atoms with Crippen LogP contribution in [0.4, 0.5) is 5.00 Å². The molecule has 0 saturated carbocycles. The Morgan fingerprint density at radius 1 is 1.05 bits per heavy atom. The highest BCUT2D eigenvalue weighted by molar-refractivity contribution is 7.19. The Labute approximate surface area is 118 Å². The molecular formula is C16H20N2S. The van der Waals surface area contributed by atoms with Crippen LogP contribution in [0.3, 0.4) is 0 Å². The van der Waals surface area contributed by atoms with Crippen LogP contribution in [0.2, 0.25) is 0 Å². The Hall–Kier alpha value is -1.32. The van der Waals surface area contributed by atoms with Gasteiger partial charge in [0, 0.05) is 11.4 Å². The number of anilines is 1. The number of benzene rings is 1. The van der Waals surface area contributed by atoms with E-state index in [1.807, 2.05) is 0 Å². The van der Waals surface area contributed by atoms with Crippen molar-refractivity contribution in [2.75, 3.05) is 18.8 Å². The predicted molar refractivity (Wildman–Crippen MR) is 83.3 cm³/mol. The van der Waals surface area contributed by atoms with Crippen LogP contribution in [0.25, 0.3) is 10.4 Å². The van der Waals surface area contributed by atoms with E-state index in [0.29, 0.717) is 0 Å². The van der Waals surface area contributed by atoms with Crippen molar-refractivity contribution in [1.29, 1.82) is 0 Å². The summed E-state index contributed by atoms with van der Waals surface area (Å²) in [6, 6.07) is 12.7. The second-order valence-corrected chi connectivity index (χ2v) is 6.29. The molecule has 2 heterocycles. The molecule has 0 atom stereocenters. The lowest BCUT2D eigenvalue weighted by Gasteiger charge is -2.26. The summed E-state index contributed by atoms with van der Waals surface area (Å²) in [7, 11) is 0. The molecule has 3 rings (SSSR count). The topological polar surface area (TPSA) is 29.3 Å². The molecule has 0 aliphatic carbocycles. The van der Waals surface area contributed by atoms with E-state index in [0.717, 1.165) is 11.5 Å². The molecule has 1 fully saturated rings. The number of rotatable bonds is 3. The van der Waals surface area contributed by atoms with Gasteiger partial charge in [-0.15, -0.1) is 11.3 Å². The first-order valence-corrected chi connectivity index (χ1v) is 7.80. The van der Waals surface area contributed by atoms with E-state index >= 15 is 0 Å². The van der Waals surface area contributed by atoms with Gasteiger partial charge in [0.05, 0.1) is 5.00 Å². The SMILES string of the molecule is Nc1cc(CN2CCCCC2)c(-c2ccccc2)s1. The monoisotopic (exact) mass is 272 g/mol. The third kappa shape index (κ3) is 2.99. The highest BCUT2D eigenvalue weighted by Crippen LogP contribution is 2.35. The van der Waals surface area contributed by atoms with Gasteiger partial charge in [-0.05, 0) is 43.1 Å². The molecule has 0 radical (unpaired) electrons. The van der Waals surface area contributed by atoms with Gasteiger partial charge in [-0.25, -0.2) is 0 Å². The van der Waals surface area contributed by atoms with Crippen LogP contribution in [0.15, 0.2) is 36.4 Å². The average Bonchev–Trinajstić information content (AvgIpc) is 2.82. The van der Waals surface area contributed by atoms with Gasteiger partial charge in [-0.1, -0.05) is 36.8 Å². The first-order valence-electron chi connectivity index (χ1n) is 6.99. The van der Waals surface area contributed by atoms with Crippen LogP contribution in [-0.4, -0.2) is 18.0 Å². The molecule has 0 unspecified atom stereocenters. The van der Waals surface area contributed by atoms with E-state index in [-0.39, 0.29) is 0 Å². The molecule has 1 saturated heterocycles. The van der Waals surface area contributed by atoms with E-state index in [1.54, 1.807) is 11.3 Å². The van der Waals surface area contributed by atoms with Crippen molar-refractivity contribution in [2.24, 2.45) is 0 Å². The molecule has 0 amide bonds. The summed E-state index contributed by atoms with van der Waals surface area (Å²) in [5.41, 5.74) is 8.69. The predicted octanol–water partition coefficient (Wildman–Crippen LogP) is 3.98. The summed E-state index contributed by atoms with van der Waals surface area (Å²) in [6.07, 6.45) is 4.05. The summed E-state index contributed by atoms with van der Waals surface area (Å²) in [5, 5.41) is 0.922. The molecule has 2 N–H and O–H groups in total. The van der Waals surface area contributed by atoms with Crippen LogP contribution >= 0.6 is 11.3 Å². The van der Waals surface area contributed by atoms with Gasteiger partial charge >= 0.3 is 0 Å². The number of piperidine rings is 1. The Morgan fingerprint density at radius 2 is 1.79 bits per heavy atom. The lowest BCUT2D eigenvalue weighted by atomic mass is 10.1. The van der Waals surface area contributed by atoms with Crippen LogP contribution in [0.1, 0.15) is 24.8 Å². The molecule has 1 aromatic carbocycles. The van der Waals surface area contributed by atoms with Crippen molar-refractivity contribution in [3.8, 4) is 10.4 Å². The number of nitrogens with two attached hydrogens (primary N) is 1. The van der Waals surface area contributed by atoms with Crippen molar-refractivity contribution in [2.45, 2.75) is 25.8 Å². The Bertz CT molecular complexity index is 527. The largest absolute Gasteiger partial charge is 0.391 e.